The Morgan fingerprint density at radius 1 is 1.80 bits per heavy atom. The van der Waals surface area contributed by atoms with Crippen molar-refractivity contribution in [1.29, 1.82) is 0 Å². The minimum Gasteiger partial charge on any atom is -0.329 e. The summed E-state index contributed by atoms with van der Waals surface area (Å²) >= 11 is 2.14. The molecule has 0 aliphatic carbocycles. The number of hydrogen-bond acceptors (Lipinski definition) is 3. The van der Waals surface area contributed by atoms with Crippen molar-refractivity contribution in [1.82, 2.24) is 0 Å². The second-order valence-corrected chi connectivity index (χ2v) is 9.30. The molecule has 1 aliphatic heterocycles. The van der Waals surface area contributed by atoms with E-state index in [1.165, 1.54) is 0 Å². The molecule has 1 aliphatic rings. The summed E-state index contributed by atoms with van der Waals surface area (Å²) < 4.78 is 11.0. The minimum atomic E-state index is -2.97. The van der Waals surface area contributed by atoms with Crippen LogP contribution < -0.4 is 0 Å². The molecule has 1 N–H and O–H groups in total. The average Bonchev–Trinajstić information content (AvgIpc) is 1.86. The molecule has 0 radical (unpaired) electrons. The maximum atomic E-state index is 11.0. The minimum absolute atomic E-state index is 0.0583. The van der Waals surface area contributed by atoms with Crippen LogP contribution in [-0.4, -0.2) is 15.9 Å². The summed E-state index contributed by atoms with van der Waals surface area (Å²) in [5.74, 6) is 0.212. The second kappa shape index (κ2) is 3.23. The van der Waals surface area contributed by atoms with Crippen molar-refractivity contribution < 1.29 is 9.46 Å². The van der Waals surface area contributed by atoms with Crippen LogP contribution >= 0.6 is 28.5 Å². The highest BCUT2D eigenvalue weighted by Crippen LogP contribution is 2.70. The van der Waals surface area contributed by atoms with Crippen LogP contribution in [0.2, 0.25) is 0 Å². The first-order valence-corrected chi connectivity index (χ1v) is 7.49. The predicted molar refractivity (Wildman–Crippen MR) is 47.1 cm³/mol. The Morgan fingerprint density at radius 2 is 2.50 bits per heavy atom. The third-order valence-electron chi connectivity index (χ3n) is 1.08. The molecule has 56 valence electrons. The van der Waals surface area contributed by atoms with Gasteiger partial charge in [0.1, 0.15) is 0 Å². The van der Waals surface area contributed by atoms with Crippen LogP contribution in [0.25, 0.3) is 0 Å². The molecule has 0 saturated carbocycles. The molecule has 0 amide bonds. The van der Waals surface area contributed by atoms with Crippen LogP contribution in [0.1, 0.15) is 6.42 Å². The Labute approximate surface area is 68.1 Å². The topological polar surface area (TPSA) is 37.3 Å². The lowest BCUT2D eigenvalue weighted by molar-refractivity contribution is 0.513. The van der Waals surface area contributed by atoms with Crippen LogP contribution in [0.3, 0.4) is 0 Å². The normalized spacial score (nSPS) is 40.6. The number of rotatable bonds is 0. The van der Waals surface area contributed by atoms with Crippen molar-refractivity contribution in [3.05, 3.63) is 0 Å². The molecule has 0 spiro atoms. The SMILES string of the molecule is C#CC1CCSP(=O)(O)S1. The van der Waals surface area contributed by atoms with Crippen molar-refractivity contribution in [3.8, 4) is 12.3 Å². The lowest BCUT2D eigenvalue weighted by atomic mass is 10.3. The molecule has 10 heavy (non-hydrogen) atoms. The molecule has 1 rings (SSSR count). The van der Waals surface area contributed by atoms with Crippen molar-refractivity contribution >= 4 is 28.5 Å². The predicted octanol–water partition coefficient (Wildman–Crippen LogP) is 1.96. The van der Waals surface area contributed by atoms with Crippen molar-refractivity contribution in [2.75, 3.05) is 5.75 Å². The fourth-order valence-corrected chi connectivity index (χ4v) is 6.83. The van der Waals surface area contributed by atoms with Gasteiger partial charge < -0.3 is 4.89 Å². The van der Waals surface area contributed by atoms with E-state index < -0.39 is 5.77 Å². The van der Waals surface area contributed by atoms with Crippen LogP contribution in [-0.2, 0) is 4.57 Å². The monoisotopic (exact) mass is 194 g/mol. The summed E-state index contributed by atoms with van der Waals surface area (Å²) in [5, 5.41) is -0.0583. The van der Waals surface area contributed by atoms with Gasteiger partial charge in [-0.15, -0.1) is 6.42 Å². The zero-order chi connectivity index (χ0) is 7.61. The molecule has 1 fully saturated rings. The van der Waals surface area contributed by atoms with Gasteiger partial charge in [-0.2, -0.15) is 0 Å². The van der Waals surface area contributed by atoms with E-state index in [0.717, 1.165) is 29.2 Å². The summed E-state index contributed by atoms with van der Waals surface area (Å²) in [6.07, 6.45) is 5.96. The maximum absolute atomic E-state index is 11.0. The highest BCUT2D eigenvalue weighted by molar-refractivity contribution is 8.89. The Balaban J connectivity index is 2.58. The van der Waals surface area contributed by atoms with E-state index in [1.807, 2.05) is 0 Å². The Morgan fingerprint density at radius 3 is 2.90 bits per heavy atom. The Bertz CT molecular complexity index is 210. The molecular formula is C5H7O2PS2. The van der Waals surface area contributed by atoms with E-state index >= 15 is 0 Å². The first-order chi connectivity index (χ1) is 4.64. The summed E-state index contributed by atoms with van der Waals surface area (Å²) in [6.45, 7) is 0. The molecule has 0 aromatic rings. The summed E-state index contributed by atoms with van der Waals surface area (Å²) in [4.78, 5) is 9.06. The molecule has 2 nitrogen and oxygen atoms in total. The zero-order valence-electron chi connectivity index (χ0n) is 5.19. The quantitative estimate of drug-likeness (QED) is 0.472. The van der Waals surface area contributed by atoms with E-state index in [0.29, 0.717) is 5.75 Å². The molecule has 2 atom stereocenters. The van der Waals surface area contributed by atoms with Gasteiger partial charge in [0.15, 0.2) is 0 Å². The average molecular weight is 194 g/mol. The standard InChI is InChI=1S/C5H7O2PS2/c1-2-5-3-4-9-8(6,7)10-5/h1,5H,3-4H2,(H,6,7). The highest BCUT2D eigenvalue weighted by atomic mass is 33.1. The molecule has 0 aromatic heterocycles. The van der Waals surface area contributed by atoms with E-state index in [2.05, 4.69) is 5.92 Å². The van der Waals surface area contributed by atoms with E-state index in [1.54, 1.807) is 0 Å². The van der Waals surface area contributed by atoms with Gasteiger partial charge in [0.25, 0.3) is 0 Å². The summed E-state index contributed by atoms with van der Waals surface area (Å²) in [5.41, 5.74) is 0. The molecule has 2 unspecified atom stereocenters. The first-order valence-electron chi connectivity index (χ1n) is 2.76. The van der Waals surface area contributed by atoms with Gasteiger partial charge in [-0.3, -0.25) is 4.57 Å². The highest BCUT2D eigenvalue weighted by Gasteiger charge is 2.29. The van der Waals surface area contributed by atoms with Crippen LogP contribution in [0.15, 0.2) is 0 Å². The van der Waals surface area contributed by atoms with Gasteiger partial charge in [-0.25, -0.2) is 0 Å². The van der Waals surface area contributed by atoms with Crippen molar-refractivity contribution in [2.45, 2.75) is 11.7 Å². The van der Waals surface area contributed by atoms with Crippen molar-refractivity contribution in [2.24, 2.45) is 0 Å². The third-order valence-corrected chi connectivity index (χ3v) is 7.53. The molecule has 0 bridgehead atoms. The Hall–Kier alpha value is 0.450. The first kappa shape index (κ1) is 8.55. The maximum Gasteiger partial charge on any atom is 0.311 e. The zero-order valence-corrected chi connectivity index (χ0v) is 7.72. The van der Waals surface area contributed by atoms with Crippen molar-refractivity contribution in [3.63, 3.8) is 0 Å². The number of hydrogen-bond donors (Lipinski definition) is 1. The lowest BCUT2D eigenvalue weighted by Crippen LogP contribution is -2.03. The van der Waals surface area contributed by atoms with Gasteiger partial charge in [0, 0.05) is 5.75 Å². The van der Waals surface area contributed by atoms with Crippen LogP contribution in [0, 0.1) is 12.3 Å². The molecule has 5 heteroatoms. The largest absolute Gasteiger partial charge is 0.329 e. The van der Waals surface area contributed by atoms with E-state index in [9.17, 15) is 4.57 Å². The summed E-state index contributed by atoms with van der Waals surface area (Å²) in [6, 6.07) is 0. The Kier molecular flexibility index (Phi) is 2.76. The fraction of sp³-hybridized carbons (Fsp3) is 0.600. The fourth-order valence-electron chi connectivity index (χ4n) is 0.633. The lowest BCUT2D eigenvalue weighted by Gasteiger charge is -2.19. The molecule has 1 heterocycles. The van der Waals surface area contributed by atoms with Gasteiger partial charge in [-0.1, -0.05) is 17.3 Å². The number of terminal acetylenes is 1. The van der Waals surface area contributed by atoms with Gasteiger partial charge in [0.2, 0.25) is 0 Å². The summed E-state index contributed by atoms with van der Waals surface area (Å²) in [7, 11) is 0. The molecular weight excluding hydrogens is 187 g/mol. The van der Waals surface area contributed by atoms with Gasteiger partial charge in [0.05, 0.1) is 5.25 Å². The van der Waals surface area contributed by atoms with Crippen LogP contribution in [0.4, 0.5) is 0 Å². The third kappa shape index (κ3) is 2.25. The van der Waals surface area contributed by atoms with Gasteiger partial charge in [-0.05, 0) is 17.8 Å². The second-order valence-electron chi connectivity index (χ2n) is 1.85. The van der Waals surface area contributed by atoms with E-state index in [-0.39, 0.29) is 5.25 Å². The van der Waals surface area contributed by atoms with Gasteiger partial charge >= 0.3 is 5.77 Å². The molecule has 1 saturated heterocycles. The van der Waals surface area contributed by atoms with E-state index in [4.69, 9.17) is 11.3 Å². The molecule has 0 aromatic carbocycles. The van der Waals surface area contributed by atoms with Crippen LogP contribution in [0.5, 0.6) is 0 Å². The smallest absolute Gasteiger partial charge is 0.311 e.